The van der Waals surface area contributed by atoms with Crippen molar-refractivity contribution in [3.05, 3.63) is 11.1 Å². The maximum Gasteiger partial charge on any atom is 0.0910 e. The number of anilines is 2. The highest BCUT2D eigenvalue weighted by Crippen LogP contribution is 2.30. The van der Waals surface area contributed by atoms with E-state index in [1.54, 1.807) is 0 Å². The van der Waals surface area contributed by atoms with Crippen molar-refractivity contribution in [3.63, 3.8) is 0 Å². The fraction of sp³-hybridized carbons (Fsp3) is 0.333. The first-order valence-electron chi connectivity index (χ1n) is 2.74. The Labute approximate surface area is 58.5 Å². The minimum absolute atomic E-state index is 0.838. The smallest absolute Gasteiger partial charge is 0.0910 e. The van der Waals surface area contributed by atoms with E-state index in [1.165, 1.54) is 11.3 Å². The Hall–Kier alpha value is -0.700. The molecule has 0 aliphatic heterocycles. The monoisotopic (exact) mass is 142 g/mol. The normalized spacial score (nSPS) is 10.0. The van der Waals surface area contributed by atoms with E-state index in [-0.39, 0.29) is 0 Å². The average Bonchev–Trinajstić information content (AvgIpc) is 1.98. The van der Waals surface area contributed by atoms with Gasteiger partial charge in [-0.3, -0.25) is 0 Å². The molecule has 0 aliphatic rings. The lowest BCUT2D eigenvalue weighted by molar-refractivity contribution is 1.41. The van der Waals surface area contributed by atoms with Crippen molar-refractivity contribution in [3.8, 4) is 0 Å². The minimum Gasteiger partial charge on any atom is -0.390 e. The zero-order valence-electron chi connectivity index (χ0n) is 5.56. The summed E-state index contributed by atoms with van der Waals surface area (Å²) in [5.41, 5.74) is 13.4. The van der Waals surface area contributed by atoms with Crippen LogP contribution in [-0.2, 0) is 0 Å². The molecular formula is C6H10N2S. The number of thiophene rings is 1. The summed E-state index contributed by atoms with van der Waals surface area (Å²) in [7, 11) is 0. The molecule has 9 heavy (non-hydrogen) atoms. The second kappa shape index (κ2) is 1.92. The Morgan fingerprint density at radius 3 is 1.44 bits per heavy atom. The van der Waals surface area contributed by atoms with Crippen LogP contribution >= 0.6 is 11.3 Å². The molecule has 0 radical (unpaired) electrons. The number of hydrogen-bond acceptors (Lipinski definition) is 3. The number of nitrogens with two attached hydrogens (primary N) is 2. The second-order valence-electron chi connectivity index (χ2n) is 2.08. The molecule has 0 atom stereocenters. The lowest BCUT2D eigenvalue weighted by Gasteiger charge is -1.88. The molecule has 1 aromatic heterocycles. The van der Waals surface area contributed by atoms with Crippen LogP contribution in [0, 0.1) is 13.8 Å². The molecule has 1 rings (SSSR count). The highest BCUT2D eigenvalue weighted by molar-refractivity contribution is 7.20. The van der Waals surface area contributed by atoms with Crippen molar-refractivity contribution in [2.24, 2.45) is 0 Å². The largest absolute Gasteiger partial charge is 0.390 e. The molecule has 0 aliphatic carbocycles. The molecule has 3 heteroatoms. The molecule has 0 aromatic carbocycles. The summed E-state index contributed by atoms with van der Waals surface area (Å²) in [6, 6.07) is 0. The average molecular weight is 142 g/mol. The van der Waals surface area contributed by atoms with E-state index in [1.807, 2.05) is 13.8 Å². The molecule has 50 valence electrons. The van der Waals surface area contributed by atoms with Gasteiger partial charge in [0.15, 0.2) is 0 Å². The van der Waals surface area contributed by atoms with Gasteiger partial charge in [0.05, 0.1) is 10.0 Å². The van der Waals surface area contributed by atoms with Crippen LogP contribution in [0.2, 0.25) is 0 Å². The van der Waals surface area contributed by atoms with E-state index >= 15 is 0 Å². The summed E-state index contributed by atoms with van der Waals surface area (Å²) in [5, 5.41) is 1.68. The summed E-state index contributed by atoms with van der Waals surface area (Å²) in [4.78, 5) is 0. The van der Waals surface area contributed by atoms with Crippen molar-refractivity contribution in [2.45, 2.75) is 13.8 Å². The summed E-state index contributed by atoms with van der Waals surface area (Å²) in [5.74, 6) is 0. The van der Waals surface area contributed by atoms with Crippen molar-refractivity contribution >= 4 is 21.3 Å². The standard InChI is InChI=1S/C6H10N2S/c1-3-4(2)6(8)9-5(3)7/h7-8H2,1-2H3. The lowest BCUT2D eigenvalue weighted by Crippen LogP contribution is -1.83. The first-order chi connectivity index (χ1) is 4.13. The first kappa shape index (κ1) is 6.42. The third-order valence-electron chi connectivity index (χ3n) is 1.52. The lowest BCUT2D eigenvalue weighted by atomic mass is 10.2. The minimum atomic E-state index is 0.838. The molecule has 0 spiro atoms. The van der Waals surface area contributed by atoms with E-state index in [0.29, 0.717) is 0 Å². The molecule has 0 saturated carbocycles. The van der Waals surface area contributed by atoms with E-state index in [9.17, 15) is 0 Å². The highest BCUT2D eigenvalue weighted by atomic mass is 32.1. The van der Waals surface area contributed by atoms with Crippen LogP contribution in [0.3, 0.4) is 0 Å². The van der Waals surface area contributed by atoms with Gasteiger partial charge in [0.2, 0.25) is 0 Å². The Morgan fingerprint density at radius 2 is 1.33 bits per heavy atom. The molecule has 0 unspecified atom stereocenters. The van der Waals surface area contributed by atoms with Gasteiger partial charge in [-0.25, -0.2) is 0 Å². The molecule has 0 saturated heterocycles. The third-order valence-corrected chi connectivity index (χ3v) is 2.57. The van der Waals surface area contributed by atoms with Crippen LogP contribution in [0.1, 0.15) is 11.1 Å². The molecule has 2 nitrogen and oxygen atoms in total. The molecule has 1 heterocycles. The van der Waals surface area contributed by atoms with Crippen molar-refractivity contribution in [1.29, 1.82) is 0 Å². The third kappa shape index (κ3) is 0.876. The summed E-state index contributed by atoms with van der Waals surface area (Å²) in [6.45, 7) is 3.97. The van der Waals surface area contributed by atoms with Crippen molar-refractivity contribution in [1.82, 2.24) is 0 Å². The van der Waals surface area contributed by atoms with E-state index < -0.39 is 0 Å². The van der Waals surface area contributed by atoms with Crippen molar-refractivity contribution in [2.75, 3.05) is 11.5 Å². The quantitative estimate of drug-likeness (QED) is 0.577. The van der Waals surface area contributed by atoms with Crippen LogP contribution in [0.5, 0.6) is 0 Å². The second-order valence-corrected chi connectivity index (χ2v) is 3.16. The summed E-state index contributed by atoms with van der Waals surface area (Å²) in [6.07, 6.45) is 0. The molecule has 1 aromatic rings. The summed E-state index contributed by atoms with van der Waals surface area (Å²) >= 11 is 1.45. The van der Waals surface area contributed by atoms with Gasteiger partial charge in [0, 0.05) is 0 Å². The maximum absolute atomic E-state index is 5.58. The van der Waals surface area contributed by atoms with Gasteiger partial charge in [-0.1, -0.05) is 0 Å². The Balaban J connectivity index is 3.29. The van der Waals surface area contributed by atoms with E-state index in [4.69, 9.17) is 11.5 Å². The molecule has 0 fully saturated rings. The predicted octanol–water partition coefficient (Wildman–Crippen LogP) is 1.53. The maximum atomic E-state index is 5.58. The zero-order chi connectivity index (χ0) is 7.02. The fourth-order valence-corrected chi connectivity index (χ4v) is 1.49. The molecular weight excluding hydrogens is 132 g/mol. The van der Waals surface area contributed by atoms with Gasteiger partial charge < -0.3 is 11.5 Å². The van der Waals surface area contributed by atoms with Crippen LogP contribution in [0.25, 0.3) is 0 Å². The molecule has 0 bridgehead atoms. The topological polar surface area (TPSA) is 52.0 Å². The van der Waals surface area contributed by atoms with Gasteiger partial charge in [0.1, 0.15) is 0 Å². The SMILES string of the molecule is Cc1c(N)sc(N)c1C. The van der Waals surface area contributed by atoms with Crippen molar-refractivity contribution < 1.29 is 0 Å². The summed E-state index contributed by atoms with van der Waals surface area (Å²) < 4.78 is 0. The van der Waals surface area contributed by atoms with E-state index in [0.717, 1.165) is 21.1 Å². The number of nitrogen functional groups attached to an aromatic ring is 2. The van der Waals surface area contributed by atoms with Gasteiger partial charge >= 0.3 is 0 Å². The molecule has 4 N–H and O–H groups in total. The van der Waals surface area contributed by atoms with Gasteiger partial charge in [-0.05, 0) is 25.0 Å². The Morgan fingerprint density at radius 1 is 1.00 bits per heavy atom. The zero-order valence-corrected chi connectivity index (χ0v) is 6.38. The number of hydrogen-bond donors (Lipinski definition) is 2. The van der Waals surface area contributed by atoms with Gasteiger partial charge in [-0.15, -0.1) is 11.3 Å². The first-order valence-corrected chi connectivity index (χ1v) is 3.55. The van der Waals surface area contributed by atoms with E-state index in [2.05, 4.69) is 0 Å². The van der Waals surface area contributed by atoms with Crippen LogP contribution in [0.15, 0.2) is 0 Å². The Bertz CT molecular complexity index is 205. The fourth-order valence-electron chi connectivity index (χ4n) is 0.641. The highest BCUT2D eigenvalue weighted by Gasteiger charge is 2.03. The van der Waals surface area contributed by atoms with Gasteiger partial charge in [0.25, 0.3) is 0 Å². The van der Waals surface area contributed by atoms with Crippen LogP contribution < -0.4 is 11.5 Å². The predicted molar refractivity (Wildman–Crippen MR) is 42.6 cm³/mol. The van der Waals surface area contributed by atoms with Gasteiger partial charge in [-0.2, -0.15) is 0 Å². The number of rotatable bonds is 0. The van der Waals surface area contributed by atoms with Crippen LogP contribution in [0.4, 0.5) is 10.0 Å². The Kier molecular flexibility index (Phi) is 1.37. The molecule has 0 amide bonds. The van der Waals surface area contributed by atoms with Crippen LogP contribution in [-0.4, -0.2) is 0 Å².